The Morgan fingerprint density at radius 1 is 1.02 bits per heavy atom. The number of hydrogen-bond acceptors (Lipinski definition) is 9. The number of aromatic nitrogens is 1. The summed E-state index contributed by atoms with van der Waals surface area (Å²) in [5, 5.41) is 0. The van der Waals surface area contributed by atoms with Gasteiger partial charge < -0.3 is 18.8 Å². The minimum Gasteiger partial charge on any atom is -0.466 e. The lowest BCUT2D eigenvalue weighted by molar-refractivity contribution is -0.136. The SMILES string of the molecule is CCCCN1C(=O)/C(=c2\sc3n(c2=O)C(c2ccc(OC(=O)c4ccco4)cc2)C(C(=O)OC)=C(C)N=3)c2ccccc21. The van der Waals surface area contributed by atoms with E-state index in [1.807, 2.05) is 24.3 Å². The smallest absolute Gasteiger partial charge is 0.379 e. The zero-order valence-corrected chi connectivity index (χ0v) is 24.5. The molecule has 0 spiro atoms. The Morgan fingerprint density at radius 3 is 2.49 bits per heavy atom. The monoisotopic (exact) mass is 597 g/mol. The third-order valence-electron chi connectivity index (χ3n) is 7.42. The van der Waals surface area contributed by atoms with Crippen molar-refractivity contribution in [1.29, 1.82) is 0 Å². The van der Waals surface area contributed by atoms with Crippen LogP contribution in [0.4, 0.5) is 5.69 Å². The number of amides is 1. The molecule has 0 fully saturated rings. The van der Waals surface area contributed by atoms with Gasteiger partial charge in [-0.2, -0.15) is 0 Å². The molecule has 0 saturated heterocycles. The molecule has 218 valence electrons. The minimum atomic E-state index is -0.893. The van der Waals surface area contributed by atoms with Crippen molar-refractivity contribution >= 4 is 40.4 Å². The van der Waals surface area contributed by atoms with E-state index in [2.05, 4.69) is 11.9 Å². The molecular weight excluding hydrogens is 570 g/mol. The van der Waals surface area contributed by atoms with Crippen molar-refractivity contribution in [2.75, 3.05) is 18.6 Å². The lowest BCUT2D eigenvalue weighted by atomic mass is 9.96. The number of rotatable bonds is 7. The van der Waals surface area contributed by atoms with E-state index >= 15 is 0 Å². The summed E-state index contributed by atoms with van der Waals surface area (Å²) < 4.78 is 17.3. The average Bonchev–Trinajstić information content (AvgIpc) is 3.72. The first-order valence-electron chi connectivity index (χ1n) is 13.7. The maximum absolute atomic E-state index is 14.2. The number of ether oxygens (including phenoxy) is 2. The van der Waals surface area contributed by atoms with Gasteiger partial charge in [0, 0.05) is 12.1 Å². The van der Waals surface area contributed by atoms with Crippen LogP contribution in [0.1, 0.15) is 54.4 Å². The Hall–Kier alpha value is -5.03. The molecule has 1 amide bonds. The average molecular weight is 598 g/mol. The normalized spacial score (nSPS) is 17.0. The van der Waals surface area contributed by atoms with Crippen LogP contribution in [0.3, 0.4) is 0 Å². The summed E-state index contributed by atoms with van der Waals surface area (Å²) >= 11 is 1.12. The van der Waals surface area contributed by atoms with Gasteiger partial charge in [-0.05, 0) is 49.2 Å². The van der Waals surface area contributed by atoms with Gasteiger partial charge in [0.05, 0.1) is 41.9 Å². The predicted octanol–water partition coefficient (Wildman–Crippen LogP) is 3.74. The molecule has 0 aliphatic carbocycles. The first-order valence-corrected chi connectivity index (χ1v) is 14.6. The van der Waals surface area contributed by atoms with Crippen LogP contribution in [0.2, 0.25) is 0 Å². The van der Waals surface area contributed by atoms with Gasteiger partial charge in [0.25, 0.3) is 11.5 Å². The number of benzene rings is 2. The quantitative estimate of drug-likeness (QED) is 0.235. The van der Waals surface area contributed by atoms with Crippen molar-refractivity contribution in [1.82, 2.24) is 4.57 Å². The third-order valence-corrected chi connectivity index (χ3v) is 8.47. The molecule has 6 rings (SSSR count). The van der Waals surface area contributed by atoms with E-state index in [-0.39, 0.29) is 27.5 Å². The molecule has 2 aliphatic rings. The summed E-state index contributed by atoms with van der Waals surface area (Å²) in [6, 6.07) is 16.1. The molecule has 0 bridgehead atoms. The lowest BCUT2D eigenvalue weighted by Crippen LogP contribution is -2.40. The van der Waals surface area contributed by atoms with Gasteiger partial charge in [0.1, 0.15) is 10.3 Å². The summed E-state index contributed by atoms with van der Waals surface area (Å²) in [6.07, 6.45) is 3.11. The number of methoxy groups -OCH3 is 1. The van der Waals surface area contributed by atoms with Gasteiger partial charge in [0.15, 0.2) is 4.80 Å². The maximum Gasteiger partial charge on any atom is 0.379 e. The first-order chi connectivity index (χ1) is 20.8. The summed E-state index contributed by atoms with van der Waals surface area (Å²) in [4.78, 5) is 60.1. The van der Waals surface area contributed by atoms with Crippen LogP contribution < -0.4 is 24.5 Å². The van der Waals surface area contributed by atoms with E-state index in [0.717, 1.165) is 29.9 Å². The van der Waals surface area contributed by atoms with Crippen LogP contribution in [0.5, 0.6) is 5.75 Å². The molecule has 10 nitrogen and oxygen atoms in total. The highest BCUT2D eigenvalue weighted by Gasteiger charge is 2.37. The molecule has 2 aliphatic heterocycles. The van der Waals surface area contributed by atoms with Gasteiger partial charge in [-0.25, -0.2) is 14.6 Å². The second-order valence-corrected chi connectivity index (χ2v) is 11.0. The van der Waals surface area contributed by atoms with Crippen LogP contribution in [-0.4, -0.2) is 36.1 Å². The second-order valence-electron chi connectivity index (χ2n) is 10.0. The Labute approximate surface area is 249 Å². The second kappa shape index (κ2) is 11.3. The first kappa shape index (κ1) is 28.1. The van der Waals surface area contributed by atoms with Gasteiger partial charge in [-0.3, -0.25) is 14.2 Å². The number of fused-ring (bicyclic) bond motifs is 2. The van der Waals surface area contributed by atoms with E-state index in [9.17, 15) is 19.2 Å². The maximum atomic E-state index is 14.2. The number of carbonyl (C=O) groups is 3. The zero-order valence-electron chi connectivity index (χ0n) is 23.7. The van der Waals surface area contributed by atoms with E-state index in [1.54, 1.807) is 42.2 Å². The predicted molar refractivity (Wildman–Crippen MR) is 159 cm³/mol. The summed E-state index contributed by atoms with van der Waals surface area (Å²) in [5.41, 5.74) is 2.50. The molecule has 2 aromatic carbocycles. The number of carbonyl (C=O) groups excluding carboxylic acids is 3. The molecular formula is C32H27N3O7S. The van der Waals surface area contributed by atoms with Crippen molar-refractivity contribution in [2.45, 2.75) is 32.7 Å². The van der Waals surface area contributed by atoms with E-state index < -0.39 is 23.5 Å². The van der Waals surface area contributed by atoms with Crippen molar-refractivity contribution in [3.05, 3.63) is 115 Å². The van der Waals surface area contributed by atoms with Crippen LogP contribution in [0.25, 0.3) is 5.57 Å². The number of hydrogen-bond donors (Lipinski definition) is 0. The molecule has 0 radical (unpaired) electrons. The zero-order chi connectivity index (χ0) is 30.2. The fourth-order valence-corrected chi connectivity index (χ4v) is 6.50. The highest BCUT2D eigenvalue weighted by atomic mass is 32.1. The number of thiazole rings is 1. The van der Waals surface area contributed by atoms with Gasteiger partial charge in [-0.15, -0.1) is 0 Å². The topological polar surface area (TPSA) is 120 Å². The van der Waals surface area contributed by atoms with Gasteiger partial charge >= 0.3 is 11.9 Å². The molecule has 4 aromatic rings. The van der Waals surface area contributed by atoms with Crippen LogP contribution in [-0.2, 0) is 14.3 Å². The fourth-order valence-electron chi connectivity index (χ4n) is 5.37. The van der Waals surface area contributed by atoms with Crippen LogP contribution in [0.15, 0.2) is 92.4 Å². The molecule has 1 unspecified atom stereocenters. The number of esters is 2. The number of furan rings is 1. The van der Waals surface area contributed by atoms with Crippen molar-refractivity contribution in [3.63, 3.8) is 0 Å². The molecule has 0 saturated carbocycles. The standard InChI is InChI=1S/C32H27N3O7S/c1-4-5-16-34-22-10-7-6-9-21(22)25(28(34)36)27-29(37)35-26(24(31(39)40-3)18(2)33-32(35)43-27)19-12-14-20(15-13-19)42-30(38)23-11-8-17-41-23/h6-15,17,26H,4-5,16H2,1-3H3/b27-25-. The molecule has 1 atom stereocenters. The van der Waals surface area contributed by atoms with Gasteiger partial charge in [0.2, 0.25) is 5.76 Å². The lowest BCUT2D eigenvalue weighted by Gasteiger charge is -2.24. The van der Waals surface area contributed by atoms with Crippen molar-refractivity contribution in [2.24, 2.45) is 4.99 Å². The Kier molecular flexibility index (Phi) is 7.41. The summed E-state index contributed by atoms with van der Waals surface area (Å²) in [6.45, 7) is 4.28. The van der Waals surface area contributed by atoms with E-state index in [1.165, 1.54) is 24.0 Å². The molecule has 11 heteroatoms. The Bertz CT molecular complexity index is 1970. The number of para-hydroxylation sites is 1. The molecule has 0 N–H and O–H groups in total. The van der Waals surface area contributed by atoms with E-state index in [4.69, 9.17) is 13.9 Å². The third kappa shape index (κ3) is 4.81. The minimum absolute atomic E-state index is 0.0558. The number of unbranched alkanes of at least 4 members (excludes halogenated alkanes) is 1. The van der Waals surface area contributed by atoms with Crippen LogP contribution >= 0.6 is 11.3 Å². The van der Waals surface area contributed by atoms with E-state index in [0.29, 0.717) is 33.7 Å². The Morgan fingerprint density at radius 2 is 1.79 bits per heavy atom. The molecule has 2 aromatic heterocycles. The number of nitrogens with zero attached hydrogens (tertiary/aromatic N) is 3. The van der Waals surface area contributed by atoms with Crippen LogP contribution in [0, 0.1) is 0 Å². The fraction of sp³-hybridized carbons (Fsp3) is 0.219. The van der Waals surface area contributed by atoms with Crippen molar-refractivity contribution < 1.29 is 28.3 Å². The highest BCUT2D eigenvalue weighted by molar-refractivity contribution is 7.07. The van der Waals surface area contributed by atoms with Crippen molar-refractivity contribution in [3.8, 4) is 5.75 Å². The largest absolute Gasteiger partial charge is 0.466 e. The molecule has 43 heavy (non-hydrogen) atoms. The summed E-state index contributed by atoms with van der Waals surface area (Å²) in [5.74, 6) is -1.22. The number of anilines is 1. The Balaban J connectivity index is 1.49. The highest BCUT2D eigenvalue weighted by Crippen LogP contribution is 2.36. The molecule has 4 heterocycles. The summed E-state index contributed by atoms with van der Waals surface area (Å²) in [7, 11) is 1.27. The van der Waals surface area contributed by atoms with Gasteiger partial charge in [-0.1, -0.05) is 55.0 Å². The number of allylic oxidation sites excluding steroid dienone is 1.